The summed E-state index contributed by atoms with van der Waals surface area (Å²) in [5, 5.41) is 0. The zero-order valence-electron chi connectivity index (χ0n) is 9.28. The second kappa shape index (κ2) is 4.75. The number of hydrogen-bond acceptors (Lipinski definition) is 3. The molecule has 0 radical (unpaired) electrons. The summed E-state index contributed by atoms with van der Waals surface area (Å²) in [6, 6.07) is 3.47. The third kappa shape index (κ3) is 2.75. The van der Waals surface area contributed by atoms with E-state index in [0.717, 1.165) is 6.07 Å². The van der Waals surface area contributed by atoms with Gasteiger partial charge in [0, 0.05) is 18.0 Å². The number of rotatable bonds is 2. The van der Waals surface area contributed by atoms with Crippen LogP contribution in [-0.2, 0) is 6.18 Å². The van der Waals surface area contributed by atoms with E-state index in [1.807, 2.05) is 0 Å². The molecule has 1 aromatic carbocycles. The molecule has 0 unspecified atom stereocenters. The van der Waals surface area contributed by atoms with E-state index in [1.54, 1.807) is 0 Å². The van der Waals surface area contributed by atoms with E-state index < -0.39 is 23.3 Å². The molecule has 0 saturated heterocycles. The molecule has 0 saturated carbocycles. The summed E-state index contributed by atoms with van der Waals surface area (Å²) < 4.78 is 50.6. The van der Waals surface area contributed by atoms with Crippen LogP contribution in [0.4, 0.5) is 17.6 Å². The maximum Gasteiger partial charge on any atom is 0.419 e. The first-order valence-corrected chi connectivity index (χ1v) is 5.08. The lowest BCUT2D eigenvalue weighted by atomic mass is 10.1. The van der Waals surface area contributed by atoms with Gasteiger partial charge in [0.2, 0.25) is 11.6 Å². The van der Waals surface area contributed by atoms with Crippen molar-refractivity contribution in [3.63, 3.8) is 0 Å². The number of benzene rings is 1. The maximum absolute atomic E-state index is 13.1. The average Bonchev–Trinajstić information content (AvgIpc) is 2.38. The number of ketones is 1. The second-order valence-corrected chi connectivity index (χ2v) is 3.59. The smallest absolute Gasteiger partial charge is 0.285 e. The predicted molar refractivity (Wildman–Crippen MR) is 56.9 cm³/mol. The van der Waals surface area contributed by atoms with E-state index >= 15 is 0 Å². The van der Waals surface area contributed by atoms with Crippen LogP contribution < -0.4 is 0 Å². The molecule has 2 rings (SSSR count). The van der Waals surface area contributed by atoms with Gasteiger partial charge in [-0.25, -0.2) is 14.4 Å². The van der Waals surface area contributed by atoms with Gasteiger partial charge >= 0.3 is 6.18 Å². The molecule has 1 heterocycles. The molecule has 2 aromatic rings. The van der Waals surface area contributed by atoms with Crippen LogP contribution >= 0.6 is 0 Å². The van der Waals surface area contributed by atoms with Crippen LogP contribution in [0.1, 0.15) is 21.7 Å². The molecule has 3 nitrogen and oxygen atoms in total. The molecule has 0 spiro atoms. The van der Waals surface area contributed by atoms with Gasteiger partial charge in [0.15, 0.2) is 0 Å². The molecule has 0 aliphatic carbocycles. The van der Waals surface area contributed by atoms with Crippen molar-refractivity contribution in [2.45, 2.75) is 6.18 Å². The zero-order chi connectivity index (χ0) is 14.0. The van der Waals surface area contributed by atoms with Gasteiger partial charge in [-0.2, -0.15) is 13.2 Å². The van der Waals surface area contributed by atoms with Crippen molar-refractivity contribution >= 4 is 5.78 Å². The minimum absolute atomic E-state index is 0.248. The number of hydrogen-bond donors (Lipinski definition) is 0. The van der Waals surface area contributed by atoms with Crippen molar-refractivity contribution in [3.05, 3.63) is 59.4 Å². The van der Waals surface area contributed by atoms with E-state index in [2.05, 4.69) is 9.97 Å². The van der Waals surface area contributed by atoms with Crippen molar-refractivity contribution < 1.29 is 22.4 Å². The number of halogens is 4. The Kier molecular flexibility index (Phi) is 3.28. The standard InChI is InChI=1S/C12H6F4N2O/c13-9-3-2-7(6-8(9)12(14,15)16)10(19)11-17-4-1-5-18-11/h1-6H. The monoisotopic (exact) mass is 270 g/mol. The van der Waals surface area contributed by atoms with Crippen molar-refractivity contribution in [1.82, 2.24) is 9.97 Å². The third-order valence-corrected chi connectivity index (χ3v) is 2.30. The first kappa shape index (κ1) is 13.1. The normalized spacial score (nSPS) is 11.4. The van der Waals surface area contributed by atoms with Crippen molar-refractivity contribution in [3.8, 4) is 0 Å². The van der Waals surface area contributed by atoms with Crippen molar-refractivity contribution in [1.29, 1.82) is 0 Å². The Labute approximate surface area is 104 Å². The molecular weight excluding hydrogens is 264 g/mol. The molecule has 0 fully saturated rings. The van der Waals surface area contributed by atoms with Crippen LogP contribution in [0.15, 0.2) is 36.7 Å². The van der Waals surface area contributed by atoms with E-state index in [9.17, 15) is 22.4 Å². The molecule has 7 heteroatoms. The van der Waals surface area contributed by atoms with Crippen LogP contribution in [0.5, 0.6) is 0 Å². The lowest BCUT2D eigenvalue weighted by Crippen LogP contribution is -2.12. The Morgan fingerprint density at radius 3 is 2.32 bits per heavy atom. The van der Waals surface area contributed by atoms with E-state index in [0.29, 0.717) is 12.1 Å². The Morgan fingerprint density at radius 1 is 1.11 bits per heavy atom. The number of carbonyl (C=O) groups excluding carboxylic acids is 1. The van der Waals surface area contributed by atoms with Crippen LogP contribution in [0.3, 0.4) is 0 Å². The zero-order valence-corrected chi connectivity index (χ0v) is 9.28. The van der Waals surface area contributed by atoms with Gasteiger partial charge in [-0.1, -0.05) is 0 Å². The third-order valence-electron chi connectivity index (χ3n) is 2.30. The quantitative estimate of drug-likeness (QED) is 0.622. The fraction of sp³-hybridized carbons (Fsp3) is 0.0833. The molecule has 0 atom stereocenters. The Hall–Kier alpha value is -2.31. The highest BCUT2D eigenvalue weighted by Gasteiger charge is 2.34. The second-order valence-electron chi connectivity index (χ2n) is 3.59. The topological polar surface area (TPSA) is 42.9 Å². The number of carbonyl (C=O) groups is 1. The lowest BCUT2D eigenvalue weighted by molar-refractivity contribution is -0.140. The van der Waals surface area contributed by atoms with Gasteiger partial charge in [-0.05, 0) is 24.3 Å². The SMILES string of the molecule is O=C(c1ccc(F)c(C(F)(F)F)c1)c1ncccn1. The van der Waals surface area contributed by atoms with Gasteiger partial charge in [-0.15, -0.1) is 0 Å². The Morgan fingerprint density at radius 2 is 1.74 bits per heavy atom. The number of alkyl halides is 3. The molecule has 0 bridgehead atoms. The highest BCUT2D eigenvalue weighted by Crippen LogP contribution is 2.32. The first-order chi connectivity index (χ1) is 8.89. The summed E-state index contributed by atoms with van der Waals surface area (Å²) in [5.41, 5.74) is -1.81. The minimum atomic E-state index is -4.86. The summed E-state index contributed by atoms with van der Waals surface area (Å²) in [6.07, 6.45) is -2.29. The predicted octanol–water partition coefficient (Wildman–Crippen LogP) is 2.87. The highest BCUT2D eigenvalue weighted by atomic mass is 19.4. The fourth-order valence-electron chi connectivity index (χ4n) is 1.43. The summed E-state index contributed by atoms with van der Waals surface area (Å²) in [6.45, 7) is 0. The van der Waals surface area contributed by atoms with Gasteiger partial charge in [0.1, 0.15) is 5.82 Å². The van der Waals surface area contributed by atoms with Crippen molar-refractivity contribution in [2.24, 2.45) is 0 Å². The Bertz CT molecular complexity index is 611. The molecule has 0 aliphatic heterocycles. The minimum Gasteiger partial charge on any atom is -0.285 e. The number of aromatic nitrogens is 2. The van der Waals surface area contributed by atoms with Crippen molar-refractivity contribution in [2.75, 3.05) is 0 Å². The van der Waals surface area contributed by atoms with Gasteiger partial charge in [0.25, 0.3) is 0 Å². The largest absolute Gasteiger partial charge is 0.419 e. The van der Waals surface area contributed by atoms with E-state index in [4.69, 9.17) is 0 Å². The molecule has 0 N–H and O–H groups in total. The summed E-state index contributed by atoms with van der Waals surface area (Å²) in [5.74, 6) is -2.48. The van der Waals surface area contributed by atoms with Crippen LogP contribution in [0, 0.1) is 5.82 Å². The Balaban J connectivity index is 2.45. The lowest BCUT2D eigenvalue weighted by Gasteiger charge is -2.09. The summed E-state index contributed by atoms with van der Waals surface area (Å²) in [4.78, 5) is 19.1. The van der Waals surface area contributed by atoms with E-state index in [-0.39, 0.29) is 11.4 Å². The van der Waals surface area contributed by atoms with Crippen LogP contribution in [0.2, 0.25) is 0 Å². The summed E-state index contributed by atoms with van der Waals surface area (Å²) >= 11 is 0. The molecule has 0 amide bonds. The molecule has 19 heavy (non-hydrogen) atoms. The first-order valence-electron chi connectivity index (χ1n) is 5.08. The van der Waals surface area contributed by atoms with Gasteiger partial charge < -0.3 is 0 Å². The summed E-state index contributed by atoms with van der Waals surface area (Å²) in [7, 11) is 0. The fourth-order valence-corrected chi connectivity index (χ4v) is 1.43. The van der Waals surface area contributed by atoms with Gasteiger partial charge in [-0.3, -0.25) is 4.79 Å². The molecule has 1 aromatic heterocycles. The van der Waals surface area contributed by atoms with Crippen LogP contribution in [0.25, 0.3) is 0 Å². The highest BCUT2D eigenvalue weighted by molar-refractivity contribution is 6.06. The molecular formula is C12H6F4N2O. The average molecular weight is 270 g/mol. The van der Waals surface area contributed by atoms with Gasteiger partial charge in [0.05, 0.1) is 5.56 Å². The number of nitrogens with zero attached hydrogens (tertiary/aromatic N) is 2. The van der Waals surface area contributed by atoms with Crippen LogP contribution in [-0.4, -0.2) is 15.8 Å². The maximum atomic E-state index is 13.1. The van der Waals surface area contributed by atoms with E-state index in [1.165, 1.54) is 18.5 Å². The molecule has 98 valence electrons. The molecule has 0 aliphatic rings.